The van der Waals surface area contributed by atoms with Crippen molar-refractivity contribution in [3.8, 4) is 5.75 Å². The highest BCUT2D eigenvalue weighted by Crippen LogP contribution is 2.24. The van der Waals surface area contributed by atoms with Gasteiger partial charge in [-0.25, -0.2) is 13.1 Å². The lowest BCUT2D eigenvalue weighted by molar-refractivity contribution is -0.121. The normalized spacial score (nSPS) is 11.9. The van der Waals surface area contributed by atoms with Crippen LogP contribution in [0.15, 0.2) is 48.5 Å². The zero-order valence-electron chi connectivity index (χ0n) is 18.2. The van der Waals surface area contributed by atoms with Crippen molar-refractivity contribution in [2.24, 2.45) is 0 Å². The molecule has 30 heavy (non-hydrogen) atoms. The maximum absolute atomic E-state index is 12.0. The van der Waals surface area contributed by atoms with Gasteiger partial charge < -0.3 is 10.1 Å². The smallest absolute Gasteiger partial charge is 0.220 e. The molecule has 2 rings (SSSR count). The first-order valence-corrected chi connectivity index (χ1v) is 11.7. The standard InChI is InChI=1S/C23H32N2O4S/c1-23(2,3)20-11-13-21(14-12-20)29-15-5-6-22(26)25-16-18-7-9-19(10-8-18)17-30(27,28)24-4/h7-14,24H,5-6,15-17H2,1-4H3,(H,25,26). The Labute approximate surface area is 180 Å². The SMILES string of the molecule is CNS(=O)(=O)Cc1ccc(CNC(=O)CCCOc2ccc(C(C)(C)C)cc2)cc1. The second-order valence-electron chi connectivity index (χ2n) is 8.28. The summed E-state index contributed by atoms with van der Waals surface area (Å²) in [6.07, 6.45) is 1.02. The van der Waals surface area contributed by atoms with E-state index in [0.29, 0.717) is 31.6 Å². The Balaban J connectivity index is 1.68. The molecule has 0 saturated heterocycles. The van der Waals surface area contributed by atoms with E-state index in [1.807, 2.05) is 24.3 Å². The van der Waals surface area contributed by atoms with Crippen LogP contribution in [0, 0.1) is 0 Å². The minimum Gasteiger partial charge on any atom is -0.494 e. The average molecular weight is 433 g/mol. The van der Waals surface area contributed by atoms with Crippen molar-refractivity contribution >= 4 is 15.9 Å². The first-order chi connectivity index (χ1) is 14.1. The largest absolute Gasteiger partial charge is 0.494 e. The van der Waals surface area contributed by atoms with E-state index < -0.39 is 10.0 Å². The lowest BCUT2D eigenvalue weighted by Crippen LogP contribution is -2.23. The number of carbonyl (C=O) groups is 1. The fraction of sp³-hybridized carbons (Fsp3) is 0.435. The second kappa shape index (κ2) is 10.6. The Kier molecular flexibility index (Phi) is 8.43. The molecule has 2 aromatic carbocycles. The summed E-state index contributed by atoms with van der Waals surface area (Å²) in [5.74, 6) is 0.710. The number of nitrogens with one attached hydrogen (secondary N) is 2. The van der Waals surface area contributed by atoms with Crippen molar-refractivity contribution < 1.29 is 17.9 Å². The summed E-state index contributed by atoms with van der Waals surface area (Å²) < 4.78 is 31.1. The topological polar surface area (TPSA) is 84.5 Å². The van der Waals surface area contributed by atoms with Gasteiger partial charge in [-0.3, -0.25) is 4.79 Å². The highest BCUT2D eigenvalue weighted by Gasteiger charge is 2.13. The van der Waals surface area contributed by atoms with E-state index >= 15 is 0 Å². The van der Waals surface area contributed by atoms with Crippen molar-refractivity contribution in [2.45, 2.75) is 51.3 Å². The molecule has 7 heteroatoms. The Bertz CT molecular complexity index is 915. The molecule has 0 saturated carbocycles. The lowest BCUT2D eigenvalue weighted by atomic mass is 9.87. The second-order valence-corrected chi connectivity index (χ2v) is 10.2. The monoisotopic (exact) mass is 432 g/mol. The van der Waals surface area contributed by atoms with Crippen molar-refractivity contribution in [1.29, 1.82) is 0 Å². The van der Waals surface area contributed by atoms with Gasteiger partial charge in [0.1, 0.15) is 5.75 Å². The van der Waals surface area contributed by atoms with Gasteiger partial charge in [-0.15, -0.1) is 0 Å². The number of carbonyl (C=O) groups excluding carboxylic acids is 1. The van der Waals surface area contributed by atoms with Crippen LogP contribution in [0.2, 0.25) is 0 Å². The van der Waals surface area contributed by atoms with Gasteiger partial charge >= 0.3 is 0 Å². The molecular formula is C23H32N2O4S. The molecule has 0 atom stereocenters. The number of amides is 1. The third kappa shape index (κ3) is 8.16. The maximum Gasteiger partial charge on any atom is 0.220 e. The minimum absolute atomic E-state index is 0.0384. The summed E-state index contributed by atoms with van der Waals surface area (Å²) in [6.45, 7) is 7.41. The minimum atomic E-state index is -3.28. The zero-order chi connectivity index (χ0) is 22.2. The summed E-state index contributed by atoms with van der Waals surface area (Å²) >= 11 is 0. The molecule has 0 aliphatic heterocycles. The van der Waals surface area contributed by atoms with Crippen LogP contribution in [-0.2, 0) is 32.5 Å². The molecule has 0 unspecified atom stereocenters. The molecule has 6 nitrogen and oxygen atoms in total. The van der Waals surface area contributed by atoms with Gasteiger partial charge in [0.15, 0.2) is 0 Å². The molecule has 0 aliphatic rings. The van der Waals surface area contributed by atoms with Crippen LogP contribution < -0.4 is 14.8 Å². The van der Waals surface area contributed by atoms with Crippen LogP contribution in [0.4, 0.5) is 0 Å². The van der Waals surface area contributed by atoms with Crippen LogP contribution in [0.25, 0.3) is 0 Å². The first kappa shape index (κ1) is 23.9. The number of sulfonamides is 1. The molecular weight excluding hydrogens is 400 g/mol. The van der Waals surface area contributed by atoms with Gasteiger partial charge in [0, 0.05) is 13.0 Å². The van der Waals surface area contributed by atoms with E-state index in [0.717, 1.165) is 11.3 Å². The van der Waals surface area contributed by atoms with E-state index in [9.17, 15) is 13.2 Å². The van der Waals surface area contributed by atoms with Crippen LogP contribution in [0.5, 0.6) is 5.75 Å². The van der Waals surface area contributed by atoms with Gasteiger partial charge in [0.2, 0.25) is 15.9 Å². The summed E-state index contributed by atoms with van der Waals surface area (Å²) in [6, 6.07) is 15.2. The van der Waals surface area contributed by atoms with Gasteiger partial charge in [-0.2, -0.15) is 0 Å². The van der Waals surface area contributed by atoms with Crippen molar-refractivity contribution in [3.05, 3.63) is 65.2 Å². The molecule has 0 spiro atoms. The van der Waals surface area contributed by atoms with Crippen LogP contribution in [-0.4, -0.2) is 28.0 Å². The van der Waals surface area contributed by atoms with Gasteiger partial charge in [-0.05, 0) is 47.7 Å². The Hall–Kier alpha value is -2.38. The maximum atomic E-state index is 12.0. The fourth-order valence-electron chi connectivity index (χ4n) is 2.81. The molecule has 1 amide bonds. The average Bonchev–Trinajstić information content (AvgIpc) is 2.70. The first-order valence-electron chi connectivity index (χ1n) is 10.1. The molecule has 164 valence electrons. The van der Waals surface area contributed by atoms with Crippen molar-refractivity contribution in [2.75, 3.05) is 13.7 Å². The number of hydrogen-bond acceptors (Lipinski definition) is 4. The van der Waals surface area contributed by atoms with E-state index in [-0.39, 0.29) is 17.1 Å². The van der Waals surface area contributed by atoms with Gasteiger partial charge in [-0.1, -0.05) is 57.2 Å². The summed E-state index contributed by atoms with van der Waals surface area (Å²) in [7, 11) is -1.89. The Morgan fingerprint density at radius 3 is 2.13 bits per heavy atom. The van der Waals surface area contributed by atoms with Crippen molar-refractivity contribution in [1.82, 2.24) is 10.0 Å². The molecule has 0 aliphatic carbocycles. The van der Waals surface area contributed by atoms with Crippen LogP contribution in [0.3, 0.4) is 0 Å². The van der Waals surface area contributed by atoms with E-state index in [1.54, 1.807) is 12.1 Å². The molecule has 0 fully saturated rings. The predicted octanol–water partition coefficient (Wildman–Crippen LogP) is 3.51. The quantitative estimate of drug-likeness (QED) is 0.563. The predicted molar refractivity (Wildman–Crippen MR) is 120 cm³/mol. The van der Waals surface area contributed by atoms with Crippen molar-refractivity contribution in [3.63, 3.8) is 0 Å². The molecule has 0 heterocycles. The number of ether oxygens (including phenoxy) is 1. The number of hydrogen-bond donors (Lipinski definition) is 2. The Morgan fingerprint density at radius 2 is 1.57 bits per heavy atom. The molecule has 0 aromatic heterocycles. The lowest BCUT2D eigenvalue weighted by Gasteiger charge is -2.19. The fourth-order valence-corrected chi connectivity index (χ4v) is 3.58. The van der Waals surface area contributed by atoms with Gasteiger partial charge in [0.25, 0.3) is 0 Å². The third-order valence-corrected chi connectivity index (χ3v) is 6.05. The Morgan fingerprint density at radius 1 is 0.967 bits per heavy atom. The summed E-state index contributed by atoms with van der Waals surface area (Å²) in [4.78, 5) is 12.0. The summed E-state index contributed by atoms with van der Waals surface area (Å²) in [5, 5.41) is 2.88. The molecule has 0 bridgehead atoms. The van der Waals surface area contributed by atoms with E-state index in [2.05, 4.69) is 42.9 Å². The zero-order valence-corrected chi connectivity index (χ0v) is 19.0. The molecule has 0 radical (unpaired) electrons. The molecule has 2 N–H and O–H groups in total. The third-order valence-electron chi connectivity index (χ3n) is 4.72. The molecule has 2 aromatic rings. The van der Waals surface area contributed by atoms with E-state index in [1.165, 1.54) is 12.6 Å². The van der Waals surface area contributed by atoms with Crippen LogP contribution >= 0.6 is 0 Å². The highest BCUT2D eigenvalue weighted by molar-refractivity contribution is 7.88. The van der Waals surface area contributed by atoms with E-state index in [4.69, 9.17) is 4.74 Å². The summed E-state index contributed by atoms with van der Waals surface area (Å²) in [5.41, 5.74) is 2.99. The highest BCUT2D eigenvalue weighted by atomic mass is 32.2. The number of benzene rings is 2. The van der Waals surface area contributed by atoms with Crippen LogP contribution in [0.1, 0.15) is 50.3 Å². The van der Waals surface area contributed by atoms with Gasteiger partial charge in [0.05, 0.1) is 12.4 Å². The number of rotatable bonds is 10.